The normalized spacial score (nSPS) is 22.2. The van der Waals surface area contributed by atoms with Gasteiger partial charge in [0, 0.05) is 0 Å². The minimum Gasteiger partial charge on any atom is -0.411 e. The number of rotatable bonds is 1. The summed E-state index contributed by atoms with van der Waals surface area (Å²) in [5.41, 5.74) is 3.23. The first kappa shape index (κ1) is 10.9. The molecule has 2 heteroatoms. The summed E-state index contributed by atoms with van der Waals surface area (Å²) in [5, 5.41) is 12.4. The molecule has 84 valence electrons. The topological polar surface area (TPSA) is 32.6 Å². The molecule has 2 nitrogen and oxygen atoms in total. The van der Waals surface area contributed by atoms with Crippen molar-refractivity contribution in [2.45, 2.75) is 32.1 Å². The molecule has 2 rings (SSSR count). The van der Waals surface area contributed by atoms with E-state index in [4.69, 9.17) is 5.21 Å². The van der Waals surface area contributed by atoms with Gasteiger partial charge in [-0.2, -0.15) is 0 Å². The molecular weight excluding hydrogens is 198 g/mol. The fourth-order valence-electron chi connectivity index (χ4n) is 2.11. The predicted octanol–water partition coefficient (Wildman–Crippen LogP) is 3.86. The summed E-state index contributed by atoms with van der Waals surface area (Å²) in [4.78, 5) is 0. The second kappa shape index (κ2) is 5.50. The van der Waals surface area contributed by atoms with Crippen LogP contribution in [0, 0.1) is 0 Å². The average molecular weight is 215 g/mol. The molecule has 1 aromatic rings. The highest BCUT2D eigenvalue weighted by molar-refractivity contribution is 6.03. The van der Waals surface area contributed by atoms with E-state index in [2.05, 4.69) is 23.4 Å². The van der Waals surface area contributed by atoms with Crippen LogP contribution in [0.5, 0.6) is 0 Å². The third-order valence-electron chi connectivity index (χ3n) is 2.99. The van der Waals surface area contributed by atoms with Gasteiger partial charge in [0.25, 0.3) is 0 Å². The van der Waals surface area contributed by atoms with Gasteiger partial charge < -0.3 is 5.21 Å². The van der Waals surface area contributed by atoms with Crippen molar-refractivity contribution in [3.8, 4) is 0 Å². The van der Waals surface area contributed by atoms with Gasteiger partial charge in [0.1, 0.15) is 0 Å². The van der Waals surface area contributed by atoms with Crippen LogP contribution in [0.15, 0.2) is 41.1 Å². The van der Waals surface area contributed by atoms with Crippen molar-refractivity contribution in [1.82, 2.24) is 0 Å². The van der Waals surface area contributed by atoms with Gasteiger partial charge in [-0.1, -0.05) is 41.9 Å². The number of nitrogens with zero attached hydrogens (tertiary/aromatic N) is 1. The van der Waals surface area contributed by atoms with Gasteiger partial charge in [-0.25, -0.2) is 0 Å². The molecule has 0 bridgehead atoms. The van der Waals surface area contributed by atoms with Crippen molar-refractivity contribution in [3.63, 3.8) is 0 Å². The first-order valence-corrected chi connectivity index (χ1v) is 5.87. The number of oxime groups is 1. The van der Waals surface area contributed by atoms with Gasteiger partial charge in [0.2, 0.25) is 0 Å². The fourth-order valence-corrected chi connectivity index (χ4v) is 2.11. The summed E-state index contributed by atoms with van der Waals surface area (Å²) in [6.45, 7) is 0. The second-order valence-corrected chi connectivity index (χ2v) is 4.19. The molecule has 0 spiro atoms. The van der Waals surface area contributed by atoms with Gasteiger partial charge >= 0.3 is 0 Å². The highest BCUT2D eigenvalue weighted by atomic mass is 16.4. The zero-order valence-electron chi connectivity index (χ0n) is 9.39. The highest BCUT2D eigenvalue weighted by Gasteiger charge is 2.12. The molecule has 0 atom stereocenters. The Labute approximate surface area is 96.3 Å². The van der Waals surface area contributed by atoms with Crippen molar-refractivity contribution in [2.75, 3.05) is 0 Å². The second-order valence-electron chi connectivity index (χ2n) is 4.19. The Morgan fingerprint density at radius 3 is 2.50 bits per heavy atom. The molecule has 1 fully saturated rings. The zero-order valence-corrected chi connectivity index (χ0v) is 9.39. The lowest BCUT2D eigenvalue weighted by Crippen LogP contribution is -2.00. The lowest BCUT2D eigenvalue weighted by Gasteiger charge is -2.04. The molecule has 0 radical (unpaired) electrons. The first-order valence-electron chi connectivity index (χ1n) is 5.87. The van der Waals surface area contributed by atoms with Gasteiger partial charge in [-0.05, 0) is 42.9 Å². The van der Waals surface area contributed by atoms with Crippen LogP contribution in [0.2, 0.25) is 0 Å². The minimum atomic E-state index is 0.862. The standard InChI is InChI=1S/C14H17NO/c16-15-14-10-6-2-5-9-13(14)11-12-7-3-1-4-8-12/h1,3-4,7-8,11,16H,2,5-6,9-10H2/b13-11+,15-14+. The largest absolute Gasteiger partial charge is 0.411 e. The smallest absolute Gasteiger partial charge is 0.0827 e. The molecule has 0 unspecified atom stereocenters. The minimum absolute atomic E-state index is 0.862. The SMILES string of the molecule is O/N=C1\CCCCC\C1=C/c1ccccc1. The molecule has 1 N–H and O–H groups in total. The summed E-state index contributed by atoms with van der Waals surface area (Å²) in [6.07, 6.45) is 7.61. The lowest BCUT2D eigenvalue weighted by molar-refractivity contribution is 0.318. The summed E-state index contributed by atoms with van der Waals surface area (Å²) < 4.78 is 0. The molecule has 1 aliphatic rings. The summed E-state index contributed by atoms with van der Waals surface area (Å²) in [6, 6.07) is 10.2. The lowest BCUT2D eigenvalue weighted by atomic mass is 10.0. The van der Waals surface area contributed by atoms with E-state index in [9.17, 15) is 0 Å². The zero-order chi connectivity index (χ0) is 11.2. The maximum atomic E-state index is 9.01. The Bertz CT molecular complexity index is 392. The number of hydrogen-bond donors (Lipinski definition) is 1. The molecule has 16 heavy (non-hydrogen) atoms. The quantitative estimate of drug-likeness (QED) is 0.430. The van der Waals surface area contributed by atoms with E-state index in [0.717, 1.165) is 25.0 Å². The maximum Gasteiger partial charge on any atom is 0.0827 e. The van der Waals surface area contributed by atoms with Crippen molar-refractivity contribution in [2.24, 2.45) is 5.16 Å². The Balaban J connectivity index is 2.26. The molecule has 0 heterocycles. The third kappa shape index (κ3) is 2.72. The molecule has 1 aliphatic carbocycles. The van der Waals surface area contributed by atoms with Crippen LogP contribution in [-0.4, -0.2) is 10.9 Å². The van der Waals surface area contributed by atoms with Crippen molar-refractivity contribution >= 4 is 11.8 Å². The number of hydrogen-bond acceptors (Lipinski definition) is 2. The van der Waals surface area contributed by atoms with Gasteiger partial charge in [0.15, 0.2) is 0 Å². The van der Waals surface area contributed by atoms with Crippen LogP contribution in [-0.2, 0) is 0 Å². The van der Waals surface area contributed by atoms with Gasteiger partial charge in [-0.15, -0.1) is 0 Å². The predicted molar refractivity (Wildman–Crippen MR) is 66.7 cm³/mol. The van der Waals surface area contributed by atoms with Crippen LogP contribution in [0.4, 0.5) is 0 Å². The van der Waals surface area contributed by atoms with E-state index in [1.54, 1.807) is 0 Å². The van der Waals surface area contributed by atoms with Crippen LogP contribution in [0.3, 0.4) is 0 Å². The van der Waals surface area contributed by atoms with Crippen molar-refractivity contribution in [3.05, 3.63) is 41.5 Å². The van der Waals surface area contributed by atoms with E-state index in [-0.39, 0.29) is 0 Å². The molecule has 1 saturated carbocycles. The molecule has 0 amide bonds. The summed E-state index contributed by atoms with van der Waals surface area (Å²) in [5.74, 6) is 0. The molecule has 0 saturated heterocycles. The van der Waals surface area contributed by atoms with Crippen molar-refractivity contribution < 1.29 is 5.21 Å². The number of allylic oxidation sites excluding steroid dienone is 1. The van der Waals surface area contributed by atoms with E-state index in [1.165, 1.54) is 24.0 Å². The Morgan fingerprint density at radius 2 is 1.75 bits per heavy atom. The highest BCUT2D eigenvalue weighted by Crippen LogP contribution is 2.22. The van der Waals surface area contributed by atoms with E-state index in [1.807, 2.05) is 18.2 Å². The average Bonchev–Trinajstić information content (AvgIpc) is 2.55. The maximum absolute atomic E-state index is 9.01. The fraction of sp³-hybridized carbons (Fsp3) is 0.357. The van der Waals surface area contributed by atoms with Crippen LogP contribution in [0.25, 0.3) is 6.08 Å². The van der Waals surface area contributed by atoms with E-state index < -0.39 is 0 Å². The summed E-state index contributed by atoms with van der Waals surface area (Å²) in [7, 11) is 0. The van der Waals surface area contributed by atoms with Gasteiger partial charge in [-0.3, -0.25) is 0 Å². The monoisotopic (exact) mass is 215 g/mol. The van der Waals surface area contributed by atoms with Gasteiger partial charge in [0.05, 0.1) is 5.71 Å². The molecule has 0 aromatic heterocycles. The van der Waals surface area contributed by atoms with Crippen molar-refractivity contribution in [1.29, 1.82) is 0 Å². The Kier molecular flexibility index (Phi) is 3.76. The third-order valence-corrected chi connectivity index (χ3v) is 2.99. The number of benzene rings is 1. The Morgan fingerprint density at radius 1 is 1.00 bits per heavy atom. The van der Waals surface area contributed by atoms with Crippen LogP contribution < -0.4 is 0 Å². The van der Waals surface area contributed by atoms with Crippen LogP contribution >= 0.6 is 0 Å². The first-order chi connectivity index (χ1) is 7.90. The summed E-state index contributed by atoms with van der Waals surface area (Å²) >= 11 is 0. The molecular formula is C14H17NO. The van der Waals surface area contributed by atoms with Crippen LogP contribution in [0.1, 0.15) is 37.7 Å². The Hall–Kier alpha value is -1.57. The molecule has 1 aromatic carbocycles. The van der Waals surface area contributed by atoms with E-state index >= 15 is 0 Å². The molecule has 0 aliphatic heterocycles. The van der Waals surface area contributed by atoms with E-state index in [0.29, 0.717) is 0 Å².